The van der Waals surface area contributed by atoms with Gasteiger partial charge in [-0.2, -0.15) is 0 Å². The number of hydrogen-bond donors (Lipinski definition) is 1. The zero-order chi connectivity index (χ0) is 13.8. The Balaban J connectivity index is 1.67. The van der Waals surface area contributed by atoms with Crippen LogP contribution in [0.2, 0.25) is 0 Å². The average Bonchev–Trinajstić information content (AvgIpc) is 2.44. The molecule has 0 aromatic heterocycles. The number of hydrogen-bond acceptors (Lipinski definition) is 1. The molecule has 0 bridgehead atoms. The fourth-order valence-corrected chi connectivity index (χ4v) is 3.80. The topological polar surface area (TPSA) is 12.0 Å². The maximum Gasteiger partial charge on any atom is 0.0214 e. The van der Waals surface area contributed by atoms with Gasteiger partial charge < -0.3 is 5.32 Å². The molecule has 0 amide bonds. The van der Waals surface area contributed by atoms with Gasteiger partial charge in [-0.3, -0.25) is 0 Å². The van der Waals surface area contributed by atoms with Crippen molar-refractivity contribution in [1.29, 1.82) is 0 Å². The summed E-state index contributed by atoms with van der Waals surface area (Å²) >= 11 is 3.72. The maximum atomic E-state index is 3.72. The summed E-state index contributed by atoms with van der Waals surface area (Å²) in [6.07, 6.45) is 3.66. The van der Waals surface area contributed by atoms with Gasteiger partial charge in [0, 0.05) is 23.0 Å². The van der Waals surface area contributed by atoms with Gasteiger partial charge in [0.2, 0.25) is 0 Å². The Morgan fingerprint density at radius 2 is 1.65 bits per heavy atom. The fourth-order valence-electron chi connectivity index (χ4n) is 3.10. The van der Waals surface area contributed by atoms with Gasteiger partial charge in [-0.05, 0) is 36.5 Å². The molecule has 0 saturated carbocycles. The lowest BCUT2D eigenvalue weighted by Crippen LogP contribution is -2.56. The number of benzene rings is 2. The zero-order valence-corrected chi connectivity index (χ0v) is 13.2. The summed E-state index contributed by atoms with van der Waals surface area (Å²) in [6, 6.07) is 19.5. The van der Waals surface area contributed by atoms with Gasteiger partial charge in [-0.25, -0.2) is 0 Å². The third kappa shape index (κ3) is 2.82. The minimum absolute atomic E-state index is 0.328. The Hall–Kier alpha value is -1.12. The first-order valence-corrected chi connectivity index (χ1v) is 8.09. The molecule has 0 unspecified atom stereocenters. The maximum absolute atomic E-state index is 3.72. The van der Waals surface area contributed by atoms with E-state index in [0.29, 0.717) is 5.41 Å². The third-order valence-electron chi connectivity index (χ3n) is 4.34. The molecule has 0 spiro atoms. The molecule has 1 aliphatic heterocycles. The van der Waals surface area contributed by atoms with Crippen LogP contribution in [0.15, 0.2) is 59.1 Å². The van der Waals surface area contributed by atoms with E-state index in [1.165, 1.54) is 34.9 Å². The summed E-state index contributed by atoms with van der Waals surface area (Å²) in [7, 11) is 0. The highest BCUT2D eigenvalue weighted by atomic mass is 79.9. The SMILES string of the molecule is Brc1ccccc1C1(CCCc2ccccc2)CNC1. The van der Waals surface area contributed by atoms with Crippen molar-refractivity contribution in [3.8, 4) is 0 Å². The number of rotatable bonds is 5. The molecule has 1 nitrogen and oxygen atoms in total. The predicted octanol–water partition coefficient (Wildman–Crippen LogP) is 4.31. The van der Waals surface area contributed by atoms with Crippen LogP contribution in [0.5, 0.6) is 0 Å². The Bertz CT molecular complexity index is 561. The van der Waals surface area contributed by atoms with E-state index in [0.717, 1.165) is 13.1 Å². The molecule has 1 saturated heterocycles. The van der Waals surface area contributed by atoms with Crippen molar-refractivity contribution in [3.05, 3.63) is 70.2 Å². The van der Waals surface area contributed by atoms with Crippen molar-refractivity contribution in [2.75, 3.05) is 13.1 Å². The minimum Gasteiger partial charge on any atom is -0.315 e. The molecule has 0 aliphatic carbocycles. The largest absolute Gasteiger partial charge is 0.315 e. The van der Waals surface area contributed by atoms with Crippen LogP contribution in [0.1, 0.15) is 24.0 Å². The molecule has 104 valence electrons. The van der Waals surface area contributed by atoms with Crippen LogP contribution < -0.4 is 5.32 Å². The van der Waals surface area contributed by atoms with E-state index in [4.69, 9.17) is 0 Å². The number of aryl methyl sites for hydroxylation is 1. The van der Waals surface area contributed by atoms with E-state index in [1.807, 2.05) is 0 Å². The van der Waals surface area contributed by atoms with Crippen LogP contribution in [0.3, 0.4) is 0 Å². The summed E-state index contributed by atoms with van der Waals surface area (Å²) in [6.45, 7) is 2.20. The van der Waals surface area contributed by atoms with Crippen molar-refractivity contribution in [2.45, 2.75) is 24.7 Å². The monoisotopic (exact) mass is 329 g/mol. The second-order valence-corrected chi connectivity index (χ2v) is 6.56. The molecule has 0 atom stereocenters. The standard InChI is InChI=1S/C18H20BrN/c19-17-11-5-4-10-16(17)18(13-20-14-18)12-6-9-15-7-2-1-3-8-15/h1-5,7-8,10-11,20H,6,9,12-14H2. The molecule has 1 aliphatic rings. The summed E-state index contributed by atoms with van der Waals surface area (Å²) < 4.78 is 1.25. The van der Waals surface area contributed by atoms with Crippen molar-refractivity contribution in [1.82, 2.24) is 5.32 Å². The Labute approximate surface area is 129 Å². The molecular formula is C18H20BrN. The Kier molecular flexibility index (Phi) is 4.23. The Morgan fingerprint density at radius 3 is 2.30 bits per heavy atom. The van der Waals surface area contributed by atoms with Crippen molar-refractivity contribution in [3.63, 3.8) is 0 Å². The van der Waals surface area contributed by atoms with E-state index in [2.05, 4.69) is 75.8 Å². The molecule has 2 aromatic rings. The molecule has 1 fully saturated rings. The summed E-state index contributed by atoms with van der Waals surface area (Å²) in [5.41, 5.74) is 3.24. The van der Waals surface area contributed by atoms with Crippen molar-refractivity contribution >= 4 is 15.9 Å². The molecule has 0 radical (unpaired) electrons. The molecule has 1 N–H and O–H groups in total. The minimum atomic E-state index is 0.328. The smallest absolute Gasteiger partial charge is 0.0214 e. The molecule has 2 aromatic carbocycles. The highest BCUT2D eigenvalue weighted by Gasteiger charge is 2.39. The van der Waals surface area contributed by atoms with Crippen molar-refractivity contribution in [2.24, 2.45) is 0 Å². The van der Waals surface area contributed by atoms with E-state index in [-0.39, 0.29) is 0 Å². The zero-order valence-electron chi connectivity index (χ0n) is 11.6. The normalized spacial score (nSPS) is 16.6. The first-order chi connectivity index (χ1) is 9.80. The first-order valence-electron chi connectivity index (χ1n) is 7.30. The lowest BCUT2D eigenvalue weighted by molar-refractivity contribution is 0.251. The molecule has 2 heteroatoms. The van der Waals surface area contributed by atoms with Gasteiger partial charge in [0.15, 0.2) is 0 Å². The highest BCUT2D eigenvalue weighted by molar-refractivity contribution is 9.10. The highest BCUT2D eigenvalue weighted by Crippen LogP contribution is 2.37. The number of nitrogens with one attached hydrogen (secondary N) is 1. The second kappa shape index (κ2) is 6.11. The molecular weight excluding hydrogens is 310 g/mol. The van der Waals surface area contributed by atoms with Crippen molar-refractivity contribution < 1.29 is 0 Å². The summed E-state index contributed by atoms with van der Waals surface area (Å²) in [4.78, 5) is 0. The van der Waals surface area contributed by atoms with Crippen LogP contribution in [0.4, 0.5) is 0 Å². The quantitative estimate of drug-likeness (QED) is 0.861. The third-order valence-corrected chi connectivity index (χ3v) is 5.03. The molecule has 20 heavy (non-hydrogen) atoms. The summed E-state index contributed by atoms with van der Waals surface area (Å²) in [5, 5.41) is 3.46. The molecule has 1 heterocycles. The summed E-state index contributed by atoms with van der Waals surface area (Å²) in [5.74, 6) is 0. The van der Waals surface area contributed by atoms with E-state index < -0.39 is 0 Å². The Morgan fingerprint density at radius 1 is 0.950 bits per heavy atom. The predicted molar refractivity (Wildman–Crippen MR) is 88.1 cm³/mol. The molecule has 3 rings (SSSR count). The van der Waals surface area contributed by atoms with Crippen LogP contribution in [-0.2, 0) is 11.8 Å². The first kappa shape index (κ1) is 13.8. The fraction of sp³-hybridized carbons (Fsp3) is 0.333. The lowest BCUT2D eigenvalue weighted by atomic mass is 9.71. The lowest BCUT2D eigenvalue weighted by Gasteiger charge is -2.44. The van der Waals surface area contributed by atoms with Gasteiger partial charge in [-0.15, -0.1) is 0 Å². The van der Waals surface area contributed by atoms with Gasteiger partial charge >= 0.3 is 0 Å². The van der Waals surface area contributed by atoms with E-state index >= 15 is 0 Å². The van der Waals surface area contributed by atoms with Crippen LogP contribution in [0.25, 0.3) is 0 Å². The average molecular weight is 330 g/mol. The van der Waals surface area contributed by atoms with Gasteiger partial charge in [0.05, 0.1) is 0 Å². The van der Waals surface area contributed by atoms with Gasteiger partial charge in [0.25, 0.3) is 0 Å². The van der Waals surface area contributed by atoms with Gasteiger partial charge in [-0.1, -0.05) is 64.5 Å². The number of halogens is 1. The van der Waals surface area contributed by atoms with E-state index in [9.17, 15) is 0 Å². The second-order valence-electron chi connectivity index (χ2n) is 5.70. The van der Waals surface area contributed by atoms with E-state index in [1.54, 1.807) is 0 Å². The van der Waals surface area contributed by atoms with Crippen LogP contribution in [0, 0.1) is 0 Å². The van der Waals surface area contributed by atoms with Crippen LogP contribution >= 0.6 is 15.9 Å². The van der Waals surface area contributed by atoms with Crippen LogP contribution in [-0.4, -0.2) is 13.1 Å². The van der Waals surface area contributed by atoms with Gasteiger partial charge in [0.1, 0.15) is 0 Å².